The Balaban J connectivity index is 3.10. The molecule has 2 unspecified atom stereocenters. The normalized spacial score (nSPS) is 13.8. The average Bonchev–Trinajstić information content (AvgIpc) is 2.31. The van der Waals surface area contributed by atoms with Crippen molar-refractivity contribution in [3.8, 4) is 11.8 Å². The lowest BCUT2D eigenvalue weighted by Gasteiger charge is -2.20. The zero-order chi connectivity index (χ0) is 12.8. The molecule has 0 heterocycles. The second-order valence-electron chi connectivity index (χ2n) is 4.62. The van der Waals surface area contributed by atoms with Crippen LogP contribution in [0.2, 0.25) is 0 Å². The van der Waals surface area contributed by atoms with Gasteiger partial charge >= 0.3 is 0 Å². The van der Waals surface area contributed by atoms with Crippen LogP contribution in [-0.4, -0.2) is 7.11 Å². The fourth-order valence-corrected chi connectivity index (χ4v) is 2.22. The van der Waals surface area contributed by atoms with Gasteiger partial charge in [0.1, 0.15) is 5.75 Å². The van der Waals surface area contributed by atoms with Crippen LogP contribution in [0, 0.1) is 24.2 Å². The van der Waals surface area contributed by atoms with Gasteiger partial charge in [-0.2, -0.15) is 5.26 Å². The van der Waals surface area contributed by atoms with Gasteiger partial charge in [-0.05, 0) is 25.3 Å². The van der Waals surface area contributed by atoms with Crippen LogP contribution in [0.25, 0.3) is 0 Å². The second-order valence-corrected chi connectivity index (χ2v) is 4.62. The number of nitrogens with zero attached hydrogens (tertiary/aromatic N) is 1. The van der Waals surface area contributed by atoms with Crippen LogP contribution in [0.3, 0.4) is 0 Å². The molecule has 0 aliphatic carbocycles. The molecule has 0 bridgehead atoms. The maximum Gasteiger partial charge on any atom is 0.123 e. The highest BCUT2D eigenvalue weighted by molar-refractivity contribution is 5.42. The molecule has 0 spiro atoms. The maximum atomic E-state index is 9.38. The van der Waals surface area contributed by atoms with Gasteiger partial charge in [-0.1, -0.05) is 38.0 Å². The monoisotopic (exact) mass is 231 g/mol. The molecule has 2 heteroatoms. The van der Waals surface area contributed by atoms with Crippen molar-refractivity contribution in [1.29, 1.82) is 5.26 Å². The Hall–Kier alpha value is -1.49. The molecule has 1 aromatic carbocycles. The van der Waals surface area contributed by atoms with Crippen molar-refractivity contribution in [1.82, 2.24) is 0 Å². The molecule has 1 aromatic rings. The van der Waals surface area contributed by atoms with Gasteiger partial charge in [0.25, 0.3) is 0 Å². The van der Waals surface area contributed by atoms with Crippen LogP contribution in [0.5, 0.6) is 5.75 Å². The van der Waals surface area contributed by atoms with Crippen LogP contribution >= 0.6 is 0 Å². The molecule has 2 atom stereocenters. The van der Waals surface area contributed by atoms with E-state index in [2.05, 4.69) is 26.0 Å². The molecule has 0 N–H and O–H groups in total. The van der Waals surface area contributed by atoms with Crippen LogP contribution in [-0.2, 0) is 0 Å². The third-order valence-electron chi connectivity index (χ3n) is 3.17. The third kappa shape index (κ3) is 3.23. The highest BCUT2D eigenvalue weighted by Gasteiger charge is 2.21. The van der Waals surface area contributed by atoms with Crippen molar-refractivity contribution in [2.24, 2.45) is 5.92 Å². The van der Waals surface area contributed by atoms with E-state index in [1.807, 2.05) is 19.1 Å². The summed E-state index contributed by atoms with van der Waals surface area (Å²) in [6, 6.07) is 8.46. The lowest BCUT2D eigenvalue weighted by atomic mass is 9.84. The van der Waals surface area contributed by atoms with E-state index in [1.165, 1.54) is 5.56 Å². The van der Waals surface area contributed by atoms with Crippen LogP contribution in [0.4, 0.5) is 0 Å². The smallest absolute Gasteiger partial charge is 0.123 e. The Morgan fingerprint density at radius 1 is 1.41 bits per heavy atom. The Morgan fingerprint density at radius 3 is 2.65 bits per heavy atom. The Labute approximate surface area is 104 Å². The molecule has 0 aromatic heterocycles. The van der Waals surface area contributed by atoms with Crippen LogP contribution in [0.1, 0.15) is 43.7 Å². The van der Waals surface area contributed by atoms with Crippen LogP contribution < -0.4 is 4.74 Å². The molecule has 1 rings (SSSR count). The first-order valence-corrected chi connectivity index (χ1v) is 6.18. The molecule has 0 saturated heterocycles. The van der Waals surface area contributed by atoms with E-state index in [1.54, 1.807) is 7.11 Å². The van der Waals surface area contributed by atoms with E-state index in [9.17, 15) is 5.26 Å². The lowest BCUT2D eigenvalue weighted by molar-refractivity contribution is 0.397. The average molecular weight is 231 g/mol. The fourth-order valence-electron chi connectivity index (χ4n) is 2.22. The summed E-state index contributed by atoms with van der Waals surface area (Å²) in [6.45, 7) is 6.33. The Morgan fingerprint density at radius 2 is 2.12 bits per heavy atom. The predicted octanol–water partition coefficient (Wildman–Crippen LogP) is 4.05. The van der Waals surface area contributed by atoms with Gasteiger partial charge in [-0.3, -0.25) is 0 Å². The summed E-state index contributed by atoms with van der Waals surface area (Å²) in [6.07, 6.45) is 2.17. The van der Waals surface area contributed by atoms with Crippen LogP contribution in [0.15, 0.2) is 18.2 Å². The summed E-state index contributed by atoms with van der Waals surface area (Å²) >= 11 is 0. The van der Waals surface area contributed by atoms with E-state index in [4.69, 9.17) is 4.74 Å². The van der Waals surface area contributed by atoms with Crippen molar-refractivity contribution in [3.63, 3.8) is 0 Å². The molecule has 0 radical (unpaired) electrons. The minimum absolute atomic E-state index is 0.0789. The summed E-state index contributed by atoms with van der Waals surface area (Å²) in [5, 5.41) is 9.38. The van der Waals surface area contributed by atoms with Gasteiger partial charge in [0.15, 0.2) is 0 Å². The number of hydrogen-bond acceptors (Lipinski definition) is 2. The molecule has 17 heavy (non-hydrogen) atoms. The van der Waals surface area contributed by atoms with E-state index in [0.717, 1.165) is 24.2 Å². The molecule has 0 amide bonds. The quantitative estimate of drug-likeness (QED) is 0.766. The van der Waals surface area contributed by atoms with E-state index >= 15 is 0 Å². The van der Waals surface area contributed by atoms with Crippen molar-refractivity contribution < 1.29 is 4.74 Å². The number of rotatable bonds is 5. The number of ether oxygens (including phenoxy) is 1. The maximum absolute atomic E-state index is 9.38. The molecule has 92 valence electrons. The lowest BCUT2D eigenvalue weighted by Crippen LogP contribution is -2.09. The van der Waals surface area contributed by atoms with E-state index in [0.29, 0.717) is 5.92 Å². The molecule has 2 nitrogen and oxygen atoms in total. The zero-order valence-electron chi connectivity index (χ0n) is 11.2. The van der Waals surface area contributed by atoms with E-state index < -0.39 is 0 Å². The summed E-state index contributed by atoms with van der Waals surface area (Å²) in [7, 11) is 1.66. The number of aryl methyl sites for hydroxylation is 1. The topological polar surface area (TPSA) is 33.0 Å². The predicted molar refractivity (Wildman–Crippen MR) is 70.2 cm³/mol. The summed E-state index contributed by atoms with van der Waals surface area (Å²) < 4.78 is 5.36. The summed E-state index contributed by atoms with van der Waals surface area (Å²) in [4.78, 5) is 0. The first kappa shape index (κ1) is 13.6. The minimum atomic E-state index is -0.0789. The molecular formula is C15H21NO. The highest BCUT2D eigenvalue weighted by Crippen LogP contribution is 2.34. The van der Waals surface area contributed by atoms with Gasteiger partial charge in [0.05, 0.1) is 19.1 Å². The second kappa shape index (κ2) is 6.30. The Bertz CT molecular complexity index is 406. The fraction of sp³-hybridized carbons (Fsp3) is 0.533. The minimum Gasteiger partial charge on any atom is -0.496 e. The van der Waals surface area contributed by atoms with Gasteiger partial charge in [0.2, 0.25) is 0 Å². The molecule has 0 aliphatic heterocycles. The number of methoxy groups -OCH3 is 1. The Kier molecular flexibility index (Phi) is 5.03. The summed E-state index contributed by atoms with van der Waals surface area (Å²) in [5.41, 5.74) is 2.20. The van der Waals surface area contributed by atoms with Crippen molar-refractivity contribution in [2.45, 2.75) is 39.5 Å². The highest BCUT2D eigenvalue weighted by atomic mass is 16.5. The van der Waals surface area contributed by atoms with Gasteiger partial charge in [0, 0.05) is 5.56 Å². The molecular weight excluding hydrogens is 210 g/mol. The van der Waals surface area contributed by atoms with E-state index in [-0.39, 0.29) is 5.92 Å². The molecule has 0 fully saturated rings. The largest absolute Gasteiger partial charge is 0.496 e. The van der Waals surface area contributed by atoms with Crippen molar-refractivity contribution >= 4 is 0 Å². The van der Waals surface area contributed by atoms with Crippen molar-refractivity contribution in [3.05, 3.63) is 29.3 Å². The standard InChI is InChI=1S/C15H21NO/c1-5-6-12(3)14(10-16)13-9-11(2)7-8-15(13)17-4/h7-9,12,14H,5-6H2,1-4H3. The zero-order valence-corrected chi connectivity index (χ0v) is 11.2. The number of benzene rings is 1. The third-order valence-corrected chi connectivity index (χ3v) is 3.17. The number of nitriles is 1. The van der Waals surface area contributed by atoms with Gasteiger partial charge in [-0.25, -0.2) is 0 Å². The first-order valence-electron chi connectivity index (χ1n) is 6.18. The SMILES string of the molecule is CCCC(C)C(C#N)c1cc(C)ccc1OC. The van der Waals surface area contributed by atoms with Gasteiger partial charge < -0.3 is 4.74 Å². The molecule has 0 saturated carbocycles. The van der Waals surface area contributed by atoms with Gasteiger partial charge in [-0.15, -0.1) is 0 Å². The first-order chi connectivity index (χ1) is 8.13. The van der Waals surface area contributed by atoms with Crippen molar-refractivity contribution in [2.75, 3.05) is 7.11 Å². The molecule has 0 aliphatic rings. The summed E-state index contributed by atoms with van der Waals surface area (Å²) in [5.74, 6) is 1.11. The number of hydrogen-bond donors (Lipinski definition) is 0.